The van der Waals surface area contributed by atoms with Gasteiger partial charge in [0, 0.05) is 23.7 Å². The standard InChI is InChI=1S/C15H16N2O4/c1-19-12-7-6-9(8-13(12)20-2)16-15(18)14-10-4-3-5-11(10)21-17-14/h6-8H,3-5H2,1-2H3,(H,16,18). The molecule has 0 saturated carbocycles. The Bertz CT molecular complexity index is 678. The monoisotopic (exact) mass is 288 g/mol. The second-order valence-electron chi connectivity index (χ2n) is 4.81. The van der Waals surface area contributed by atoms with Crippen LogP contribution < -0.4 is 14.8 Å². The third-order valence-corrected chi connectivity index (χ3v) is 3.56. The Hall–Kier alpha value is -2.50. The molecule has 1 aliphatic rings. The molecule has 110 valence electrons. The molecule has 6 nitrogen and oxygen atoms in total. The minimum atomic E-state index is -0.269. The van der Waals surface area contributed by atoms with Gasteiger partial charge in [-0.25, -0.2) is 0 Å². The number of nitrogens with zero attached hydrogens (tertiary/aromatic N) is 1. The summed E-state index contributed by atoms with van der Waals surface area (Å²) >= 11 is 0. The number of fused-ring (bicyclic) bond motifs is 1. The lowest BCUT2D eigenvalue weighted by Crippen LogP contribution is -2.14. The van der Waals surface area contributed by atoms with Gasteiger partial charge in [-0.05, 0) is 25.0 Å². The van der Waals surface area contributed by atoms with E-state index in [9.17, 15) is 4.79 Å². The van der Waals surface area contributed by atoms with E-state index in [4.69, 9.17) is 14.0 Å². The van der Waals surface area contributed by atoms with Gasteiger partial charge in [0.25, 0.3) is 5.91 Å². The van der Waals surface area contributed by atoms with E-state index >= 15 is 0 Å². The molecule has 1 aromatic carbocycles. The highest BCUT2D eigenvalue weighted by molar-refractivity contribution is 6.04. The van der Waals surface area contributed by atoms with E-state index in [0.29, 0.717) is 22.9 Å². The second-order valence-corrected chi connectivity index (χ2v) is 4.81. The molecule has 0 aliphatic heterocycles. The highest BCUT2D eigenvalue weighted by atomic mass is 16.5. The van der Waals surface area contributed by atoms with Gasteiger partial charge in [0.05, 0.1) is 14.2 Å². The zero-order valence-corrected chi connectivity index (χ0v) is 11.9. The predicted molar refractivity (Wildman–Crippen MR) is 76.0 cm³/mol. The molecule has 2 aromatic rings. The SMILES string of the molecule is COc1ccc(NC(=O)c2noc3c2CCC3)cc1OC. The molecule has 0 fully saturated rings. The minimum absolute atomic E-state index is 0.269. The van der Waals surface area contributed by atoms with E-state index in [1.165, 1.54) is 0 Å². The Morgan fingerprint density at radius 3 is 2.81 bits per heavy atom. The fourth-order valence-corrected chi connectivity index (χ4v) is 2.51. The third kappa shape index (κ3) is 2.44. The summed E-state index contributed by atoms with van der Waals surface area (Å²) < 4.78 is 15.6. The molecule has 0 unspecified atom stereocenters. The van der Waals surface area contributed by atoms with Gasteiger partial charge in [0.15, 0.2) is 17.2 Å². The van der Waals surface area contributed by atoms with Gasteiger partial charge in [0.2, 0.25) is 0 Å². The number of methoxy groups -OCH3 is 2. The van der Waals surface area contributed by atoms with Gasteiger partial charge in [0.1, 0.15) is 5.76 Å². The molecule has 1 amide bonds. The van der Waals surface area contributed by atoms with Crippen LogP contribution in [0.2, 0.25) is 0 Å². The van der Waals surface area contributed by atoms with E-state index in [1.807, 2.05) is 0 Å². The van der Waals surface area contributed by atoms with E-state index in [0.717, 1.165) is 30.6 Å². The number of amides is 1. The molecule has 1 N–H and O–H groups in total. The number of anilines is 1. The predicted octanol–water partition coefficient (Wildman–Crippen LogP) is 2.43. The molecule has 3 rings (SSSR count). The number of ether oxygens (including phenoxy) is 2. The topological polar surface area (TPSA) is 73.6 Å². The molecular weight excluding hydrogens is 272 g/mol. The fraction of sp³-hybridized carbons (Fsp3) is 0.333. The van der Waals surface area contributed by atoms with Crippen LogP contribution in [0.25, 0.3) is 0 Å². The largest absolute Gasteiger partial charge is 0.493 e. The number of carbonyl (C=O) groups is 1. The highest BCUT2D eigenvalue weighted by Crippen LogP contribution is 2.30. The van der Waals surface area contributed by atoms with Crippen molar-refractivity contribution in [2.75, 3.05) is 19.5 Å². The number of hydrogen-bond donors (Lipinski definition) is 1. The summed E-state index contributed by atoms with van der Waals surface area (Å²) in [5, 5.41) is 6.67. The van der Waals surface area contributed by atoms with Gasteiger partial charge in [-0.2, -0.15) is 0 Å². The summed E-state index contributed by atoms with van der Waals surface area (Å²) in [6, 6.07) is 5.19. The van der Waals surface area contributed by atoms with Crippen molar-refractivity contribution in [2.45, 2.75) is 19.3 Å². The van der Waals surface area contributed by atoms with E-state index in [1.54, 1.807) is 32.4 Å². The Morgan fingerprint density at radius 1 is 1.24 bits per heavy atom. The van der Waals surface area contributed by atoms with Crippen molar-refractivity contribution in [3.63, 3.8) is 0 Å². The average molecular weight is 288 g/mol. The quantitative estimate of drug-likeness (QED) is 0.935. The second kappa shape index (κ2) is 5.47. The average Bonchev–Trinajstić information content (AvgIpc) is 3.09. The van der Waals surface area contributed by atoms with E-state index in [-0.39, 0.29) is 5.91 Å². The zero-order valence-electron chi connectivity index (χ0n) is 11.9. The number of aryl methyl sites for hydroxylation is 1. The molecule has 1 heterocycles. The fourth-order valence-electron chi connectivity index (χ4n) is 2.51. The summed E-state index contributed by atoms with van der Waals surface area (Å²) in [6.07, 6.45) is 2.70. The van der Waals surface area contributed by atoms with Gasteiger partial charge >= 0.3 is 0 Å². The van der Waals surface area contributed by atoms with E-state index in [2.05, 4.69) is 10.5 Å². The Morgan fingerprint density at radius 2 is 2.05 bits per heavy atom. The first-order chi connectivity index (χ1) is 10.2. The molecule has 1 aromatic heterocycles. The van der Waals surface area contributed by atoms with Crippen molar-refractivity contribution in [1.82, 2.24) is 5.16 Å². The molecular formula is C15H16N2O4. The zero-order chi connectivity index (χ0) is 14.8. The van der Waals surface area contributed by atoms with Crippen LogP contribution in [0.3, 0.4) is 0 Å². The normalized spacial score (nSPS) is 12.9. The van der Waals surface area contributed by atoms with Crippen molar-refractivity contribution in [3.8, 4) is 11.5 Å². The summed E-state index contributed by atoms with van der Waals surface area (Å²) in [4.78, 5) is 12.3. The summed E-state index contributed by atoms with van der Waals surface area (Å²) in [7, 11) is 3.11. The summed E-state index contributed by atoms with van der Waals surface area (Å²) in [6.45, 7) is 0. The van der Waals surface area contributed by atoms with Gasteiger partial charge in [-0.3, -0.25) is 4.79 Å². The van der Waals surface area contributed by atoms with E-state index < -0.39 is 0 Å². The Kier molecular flexibility index (Phi) is 3.51. The molecule has 1 aliphatic carbocycles. The van der Waals surface area contributed by atoms with Crippen LogP contribution in [-0.2, 0) is 12.8 Å². The maximum atomic E-state index is 12.3. The van der Waals surface area contributed by atoms with Crippen molar-refractivity contribution in [1.29, 1.82) is 0 Å². The van der Waals surface area contributed by atoms with Crippen LogP contribution in [0.15, 0.2) is 22.7 Å². The van der Waals surface area contributed by atoms with Crippen LogP contribution in [-0.4, -0.2) is 25.3 Å². The lowest BCUT2D eigenvalue weighted by Gasteiger charge is -2.10. The van der Waals surface area contributed by atoms with Crippen LogP contribution in [0, 0.1) is 0 Å². The maximum absolute atomic E-state index is 12.3. The van der Waals surface area contributed by atoms with Crippen molar-refractivity contribution in [2.24, 2.45) is 0 Å². The molecule has 0 saturated heterocycles. The number of benzene rings is 1. The molecule has 21 heavy (non-hydrogen) atoms. The van der Waals surface area contributed by atoms with Gasteiger partial charge < -0.3 is 19.3 Å². The molecule has 0 atom stereocenters. The Balaban J connectivity index is 1.81. The summed E-state index contributed by atoms with van der Waals surface area (Å²) in [5.74, 6) is 1.72. The van der Waals surface area contributed by atoms with Crippen LogP contribution >= 0.6 is 0 Å². The van der Waals surface area contributed by atoms with Gasteiger partial charge in [-0.15, -0.1) is 0 Å². The molecule has 0 spiro atoms. The van der Waals surface area contributed by atoms with Crippen LogP contribution in [0.5, 0.6) is 11.5 Å². The van der Waals surface area contributed by atoms with Crippen molar-refractivity contribution in [3.05, 3.63) is 35.2 Å². The Labute approximate surface area is 122 Å². The third-order valence-electron chi connectivity index (χ3n) is 3.56. The van der Waals surface area contributed by atoms with Crippen molar-refractivity contribution < 1.29 is 18.8 Å². The number of hydrogen-bond acceptors (Lipinski definition) is 5. The lowest BCUT2D eigenvalue weighted by molar-refractivity contribution is 0.101. The number of carbonyl (C=O) groups excluding carboxylic acids is 1. The minimum Gasteiger partial charge on any atom is -0.493 e. The smallest absolute Gasteiger partial charge is 0.278 e. The van der Waals surface area contributed by atoms with Crippen LogP contribution in [0.4, 0.5) is 5.69 Å². The number of aromatic nitrogens is 1. The first-order valence-corrected chi connectivity index (χ1v) is 6.73. The summed E-state index contributed by atoms with van der Waals surface area (Å²) in [5.41, 5.74) is 1.91. The number of nitrogens with one attached hydrogen (secondary N) is 1. The lowest BCUT2D eigenvalue weighted by atomic mass is 10.2. The number of rotatable bonds is 4. The van der Waals surface area contributed by atoms with Crippen molar-refractivity contribution >= 4 is 11.6 Å². The van der Waals surface area contributed by atoms with Gasteiger partial charge in [-0.1, -0.05) is 5.16 Å². The highest BCUT2D eigenvalue weighted by Gasteiger charge is 2.25. The van der Waals surface area contributed by atoms with Crippen LogP contribution in [0.1, 0.15) is 28.2 Å². The molecule has 0 radical (unpaired) electrons. The molecule has 0 bridgehead atoms. The first kappa shape index (κ1) is 13.5. The first-order valence-electron chi connectivity index (χ1n) is 6.73. The maximum Gasteiger partial charge on any atom is 0.278 e. The molecule has 6 heteroatoms.